The van der Waals surface area contributed by atoms with Crippen LogP contribution in [0.2, 0.25) is 0 Å². The fourth-order valence-electron chi connectivity index (χ4n) is 3.94. The van der Waals surface area contributed by atoms with Crippen LogP contribution in [-0.4, -0.2) is 67.8 Å². The van der Waals surface area contributed by atoms with Gasteiger partial charge in [0.2, 0.25) is 15.6 Å². The number of benzene rings is 1. The van der Waals surface area contributed by atoms with E-state index in [1.54, 1.807) is 18.7 Å². The molecule has 1 aromatic heterocycles. The molecule has 1 fully saturated rings. The summed E-state index contributed by atoms with van der Waals surface area (Å²) in [6.45, 7) is 4.86. The second kappa shape index (κ2) is 9.19. The number of esters is 1. The zero-order valence-electron chi connectivity index (χ0n) is 17.9. The van der Waals surface area contributed by atoms with Gasteiger partial charge in [-0.05, 0) is 31.0 Å². The summed E-state index contributed by atoms with van der Waals surface area (Å²) >= 11 is 0. The van der Waals surface area contributed by atoms with Gasteiger partial charge in [0.25, 0.3) is 5.91 Å². The van der Waals surface area contributed by atoms with Crippen LogP contribution < -0.4 is 5.56 Å². The molecule has 1 saturated heterocycles. The lowest BCUT2D eigenvalue weighted by Crippen LogP contribution is -2.40. The number of fused-ring (bicyclic) bond motifs is 1. The fraction of sp³-hybridized carbons (Fsp3) is 0.476. The quantitative estimate of drug-likeness (QED) is 0.670. The Morgan fingerprint density at radius 2 is 1.81 bits per heavy atom. The van der Waals surface area contributed by atoms with Gasteiger partial charge in [0, 0.05) is 43.1 Å². The Labute approximate surface area is 181 Å². The molecule has 9 nitrogen and oxygen atoms in total. The summed E-state index contributed by atoms with van der Waals surface area (Å²) in [7, 11) is -2.39. The molecule has 0 spiro atoms. The number of sulfonamides is 1. The summed E-state index contributed by atoms with van der Waals surface area (Å²) in [5.74, 6) is -0.910. The Kier molecular flexibility index (Phi) is 6.80. The number of aromatic amines is 1. The molecule has 0 radical (unpaired) electrons. The van der Waals surface area contributed by atoms with Gasteiger partial charge >= 0.3 is 5.97 Å². The molecule has 0 unspecified atom stereocenters. The van der Waals surface area contributed by atoms with Gasteiger partial charge in [0.1, 0.15) is 0 Å². The van der Waals surface area contributed by atoms with Gasteiger partial charge in [0.15, 0.2) is 0 Å². The monoisotopic (exact) mass is 449 g/mol. The molecule has 3 rings (SSSR count). The Bertz CT molecular complexity index is 1150. The van der Waals surface area contributed by atoms with Gasteiger partial charge in [-0.1, -0.05) is 13.8 Å². The first-order valence-corrected chi connectivity index (χ1v) is 11.7. The third-order valence-corrected chi connectivity index (χ3v) is 7.75. The summed E-state index contributed by atoms with van der Waals surface area (Å²) < 4.78 is 32.0. The van der Waals surface area contributed by atoms with Gasteiger partial charge in [0.05, 0.1) is 23.5 Å². The smallest absolute Gasteiger partial charge is 0.308 e. The van der Waals surface area contributed by atoms with Gasteiger partial charge < -0.3 is 14.6 Å². The lowest BCUT2D eigenvalue weighted by molar-refractivity contribution is -0.146. The number of amides is 1. The number of nitrogens with one attached hydrogen (secondary N) is 1. The molecule has 1 aliphatic heterocycles. The predicted molar refractivity (Wildman–Crippen MR) is 115 cm³/mol. The maximum Gasteiger partial charge on any atom is 0.308 e. The van der Waals surface area contributed by atoms with Gasteiger partial charge in [-0.2, -0.15) is 4.31 Å². The summed E-state index contributed by atoms with van der Waals surface area (Å²) in [6.07, 6.45) is 0.947. The Balaban J connectivity index is 1.99. The normalized spacial score (nSPS) is 15.4. The van der Waals surface area contributed by atoms with Crippen molar-refractivity contribution in [2.45, 2.75) is 31.6 Å². The molecule has 1 amide bonds. The van der Waals surface area contributed by atoms with E-state index in [0.717, 1.165) is 0 Å². The van der Waals surface area contributed by atoms with Crippen LogP contribution in [0.4, 0.5) is 0 Å². The maximum atomic E-state index is 13.2. The first-order chi connectivity index (χ1) is 14.7. The minimum Gasteiger partial charge on any atom is -0.469 e. The molecule has 168 valence electrons. The van der Waals surface area contributed by atoms with Crippen LogP contribution in [0.1, 0.15) is 37.0 Å². The predicted octanol–water partition coefficient (Wildman–Crippen LogP) is 1.58. The van der Waals surface area contributed by atoms with Crippen LogP contribution in [0.25, 0.3) is 10.9 Å². The summed E-state index contributed by atoms with van der Waals surface area (Å²) in [5, 5.41) is 0.368. The Morgan fingerprint density at radius 1 is 1.16 bits per heavy atom. The molecule has 1 N–H and O–H groups in total. The Morgan fingerprint density at radius 3 is 2.39 bits per heavy atom. The fourth-order valence-corrected chi connectivity index (χ4v) is 5.42. The second-order valence-electron chi connectivity index (χ2n) is 7.43. The van der Waals surface area contributed by atoms with Crippen LogP contribution in [0.15, 0.2) is 34.0 Å². The van der Waals surface area contributed by atoms with Gasteiger partial charge in [-0.15, -0.1) is 0 Å². The number of H-pyrrole nitrogens is 1. The number of carbonyl (C=O) groups excluding carboxylic acids is 2. The number of aromatic nitrogens is 1. The number of piperidine rings is 1. The van der Waals surface area contributed by atoms with Crippen molar-refractivity contribution in [2.75, 3.05) is 33.3 Å². The maximum absolute atomic E-state index is 13.2. The van der Waals surface area contributed by atoms with E-state index in [1.807, 2.05) is 0 Å². The van der Waals surface area contributed by atoms with E-state index >= 15 is 0 Å². The van der Waals surface area contributed by atoms with Crippen molar-refractivity contribution in [1.82, 2.24) is 14.2 Å². The number of hydrogen-bond acceptors (Lipinski definition) is 6. The molecular formula is C21H27N3O6S. The molecule has 2 heterocycles. The van der Waals surface area contributed by atoms with Crippen LogP contribution in [0, 0.1) is 5.92 Å². The second-order valence-corrected chi connectivity index (χ2v) is 9.37. The third kappa shape index (κ3) is 4.49. The molecule has 31 heavy (non-hydrogen) atoms. The number of nitrogens with zero attached hydrogens (tertiary/aromatic N) is 2. The SMILES string of the molecule is CCN(CC)S(=O)(=O)c1ccc2[nH]c(=O)cc(C(=O)N3CCC(C(=O)OC)CC3)c2c1. The van der Waals surface area contributed by atoms with Crippen LogP contribution in [-0.2, 0) is 19.6 Å². The van der Waals surface area contributed by atoms with E-state index in [-0.39, 0.29) is 28.3 Å². The number of carbonyl (C=O) groups is 2. The molecule has 2 aromatic rings. The van der Waals surface area contributed by atoms with E-state index in [1.165, 1.54) is 35.7 Å². The van der Waals surface area contributed by atoms with Crippen LogP contribution >= 0.6 is 0 Å². The highest BCUT2D eigenvalue weighted by atomic mass is 32.2. The molecule has 10 heteroatoms. The first-order valence-electron chi connectivity index (χ1n) is 10.3. The number of ether oxygens (including phenoxy) is 1. The number of rotatable bonds is 6. The zero-order chi connectivity index (χ0) is 22.8. The molecule has 0 atom stereocenters. The molecule has 1 aromatic carbocycles. The number of likely N-dealkylation sites (tertiary alicyclic amines) is 1. The highest BCUT2D eigenvalue weighted by Gasteiger charge is 2.30. The highest BCUT2D eigenvalue weighted by Crippen LogP contribution is 2.25. The summed E-state index contributed by atoms with van der Waals surface area (Å²) in [4.78, 5) is 41.4. The molecule has 0 aliphatic carbocycles. The molecule has 1 aliphatic rings. The van der Waals surface area contributed by atoms with Crippen molar-refractivity contribution >= 4 is 32.8 Å². The number of methoxy groups -OCH3 is 1. The number of hydrogen-bond donors (Lipinski definition) is 1. The van der Waals surface area contributed by atoms with Crippen molar-refractivity contribution < 1.29 is 22.7 Å². The minimum atomic E-state index is -3.72. The zero-order valence-corrected chi connectivity index (χ0v) is 18.7. The van der Waals surface area contributed by atoms with E-state index < -0.39 is 15.6 Å². The van der Waals surface area contributed by atoms with Crippen LogP contribution in [0.5, 0.6) is 0 Å². The average molecular weight is 450 g/mol. The van der Waals surface area contributed by atoms with E-state index in [0.29, 0.717) is 49.9 Å². The van der Waals surface area contributed by atoms with Crippen molar-refractivity contribution in [1.29, 1.82) is 0 Å². The highest BCUT2D eigenvalue weighted by molar-refractivity contribution is 7.89. The third-order valence-electron chi connectivity index (χ3n) is 5.70. The van der Waals surface area contributed by atoms with Crippen LogP contribution in [0.3, 0.4) is 0 Å². The van der Waals surface area contributed by atoms with E-state index in [2.05, 4.69) is 4.98 Å². The topological polar surface area (TPSA) is 117 Å². The van der Waals surface area contributed by atoms with Crippen molar-refractivity contribution in [2.24, 2.45) is 5.92 Å². The van der Waals surface area contributed by atoms with Gasteiger partial charge in [-0.25, -0.2) is 8.42 Å². The van der Waals surface area contributed by atoms with Crippen molar-refractivity contribution in [3.8, 4) is 0 Å². The van der Waals surface area contributed by atoms with Crippen molar-refractivity contribution in [3.05, 3.63) is 40.2 Å². The average Bonchev–Trinajstić information content (AvgIpc) is 2.77. The van der Waals surface area contributed by atoms with Crippen molar-refractivity contribution in [3.63, 3.8) is 0 Å². The standard InChI is InChI=1S/C21H27N3O6S/c1-4-24(5-2)31(28,29)15-6-7-18-16(12-15)17(13-19(25)22-18)20(26)23-10-8-14(9-11-23)21(27)30-3/h6-7,12-14H,4-5,8-11H2,1-3H3,(H,22,25). The molecule has 0 bridgehead atoms. The molecule has 0 saturated carbocycles. The molecular weight excluding hydrogens is 422 g/mol. The van der Waals surface area contributed by atoms with Gasteiger partial charge in [-0.3, -0.25) is 14.4 Å². The summed E-state index contributed by atoms with van der Waals surface area (Å²) in [6, 6.07) is 5.58. The lowest BCUT2D eigenvalue weighted by Gasteiger charge is -2.31. The lowest BCUT2D eigenvalue weighted by atomic mass is 9.96. The number of pyridine rings is 1. The van der Waals surface area contributed by atoms with E-state index in [4.69, 9.17) is 4.74 Å². The first kappa shape index (κ1) is 23.0. The minimum absolute atomic E-state index is 0.0641. The largest absolute Gasteiger partial charge is 0.469 e. The van der Waals surface area contributed by atoms with E-state index in [9.17, 15) is 22.8 Å². The summed E-state index contributed by atoms with van der Waals surface area (Å²) in [5.41, 5.74) is 0.0882. The Hall–Kier alpha value is -2.72.